The summed E-state index contributed by atoms with van der Waals surface area (Å²) >= 11 is 1.72. The van der Waals surface area contributed by atoms with E-state index in [1.165, 1.54) is 29.7 Å². The molecule has 2 nitrogen and oxygen atoms in total. The normalized spacial score (nSPS) is 22.9. The van der Waals surface area contributed by atoms with E-state index in [1.807, 2.05) is 0 Å². The lowest BCUT2D eigenvalue weighted by Gasteiger charge is -2.30. The number of amides is 1. The largest absolute Gasteiger partial charge is 0.317 e. The number of hydrogen-bond acceptors (Lipinski definition) is 2. The Bertz CT molecular complexity index is 415. The molecule has 15 heavy (non-hydrogen) atoms. The summed E-state index contributed by atoms with van der Waals surface area (Å²) in [5.74, 6) is 0.253. The van der Waals surface area contributed by atoms with E-state index in [0.29, 0.717) is 0 Å². The first-order valence-corrected chi connectivity index (χ1v) is 6.46. The third-order valence-corrected chi connectivity index (χ3v) is 4.71. The molecule has 1 saturated carbocycles. The average molecular weight is 221 g/mol. The van der Waals surface area contributed by atoms with Crippen LogP contribution >= 0.6 is 11.3 Å². The lowest BCUT2D eigenvalue weighted by molar-refractivity contribution is -0.121. The van der Waals surface area contributed by atoms with E-state index < -0.39 is 0 Å². The lowest BCUT2D eigenvalue weighted by Crippen LogP contribution is -2.36. The number of fused-ring (bicyclic) bond motifs is 2. The van der Waals surface area contributed by atoms with E-state index in [0.717, 1.165) is 17.8 Å². The van der Waals surface area contributed by atoms with Crippen LogP contribution in [0.15, 0.2) is 6.07 Å². The molecule has 80 valence electrons. The molecule has 1 aliphatic carbocycles. The maximum absolute atomic E-state index is 12.1. The van der Waals surface area contributed by atoms with Crippen molar-refractivity contribution in [1.29, 1.82) is 0 Å². The van der Waals surface area contributed by atoms with Gasteiger partial charge in [-0.15, -0.1) is 11.3 Å². The zero-order valence-electron chi connectivity index (χ0n) is 8.93. The Morgan fingerprint density at radius 1 is 1.33 bits per heavy atom. The Labute approximate surface area is 93.7 Å². The molecule has 2 aliphatic rings. The van der Waals surface area contributed by atoms with Gasteiger partial charge >= 0.3 is 0 Å². The highest BCUT2D eigenvalue weighted by Crippen LogP contribution is 2.50. The second kappa shape index (κ2) is 3.08. The second-order valence-electron chi connectivity index (χ2n) is 4.70. The van der Waals surface area contributed by atoms with Gasteiger partial charge in [-0.05, 0) is 25.8 Å². The molecule has 1 fully saturated rings. The van der Waals surface area contributed by atoms with Gasteiger partial charge in [-0.1, -0.05) is 19.3 Å². The summed E-state index contributed by atoms with van der Waals surface area (Å²) in [6.45, 7) is 2.12. The Morgan fingerprint density at radius 3 is 2.80 bits per heavy atom. The second-order valence-corrected chi connectivity index (χ2v) is 5.95. The zero-order chi connectivity index (χ0) is 10.5. The molecule has 0 aromatic carbocycles. The minimum absolute atomic E-state index is 0.154. The van der Waals surface area contributed by atoms with Gasteiger partial charge in [0.1, 0.15) is 0 Å². The molecular formula is C12H15NOS. The number of thiophene rings is 1. The van der Waals surface area contributed by atoms with Gasteiger partial charge in [-0.2, -0.15) is 0 Å². The van der Waals surface area contributed by atoms with Gasteiger partial charge < -0.3 is 5.32 Å². The van der Waals surface area contributed by atoms with Crippen LogP contribution in [0.3, 0.4) is 0 Å². The Kier molecular flexibility index (Phi) is 1.93. The van der Waals surface area contributed by atoms with E-state index in [2.05, 4.69) is 18.3 Å². The number of carbonyl (C=O) groups is 1. The van der Waals surface area contributed by atoms with E-state index in [1.54, 1.807) is 11.3 Å². The third-order valence-electron chi connectivity index (χ3n) is 3.74. The van der Waals surface area contributed by atoms with E-state index in [9.17, 15) is 4.79 Å². The molecule has 0 atom stereocenters. The zero-order valence-corrected chi connectivity index (χ0v) is 9.75. The molecule has 0 radical (unpaired) electrons. The maximum atomic E-state index is 12.1. The number of carbonyl (C=O) groups excluding carboxylic acids is 1. The Morgan fingerprint density at radius 2 is 2.07 bits per heavy atom. The van der Waals surface area contributed by atoms with Gasteiger partial charge in [0.25, 0.3) is 0 Å². The average Bonchev–Trinajstić information content (AvgIpc) is 2.69. The van der Waals surface area contributed by atoms with Gasteiger partial charge in [0.05, 0.1) is 10.4 Å². The minimum atomic E-state index is -0.154. The molecule has 3 heteroatoms. The van der Waals surface area contributed by atoms with Crippen LogP contribution in [-0.4, -0.2) is 5.91 Å². The summed E-state index contributed by atoms with van der Waals surface area (Å²) in [4.78, 5) is 13.4. The summed E-state index contributed by atoms with van der Waals surface area (Å²) in [5, 5.41) is 4.17. The third kappa shape index (κ3) is 1.19. The summed E-state index contributed by atoms with van der Waals surface area (Å²) in [5.41, 5.74) is 1.13. The molecule has 1 aliphatic heterocycles. The first kappa shape index (κ1) is 9.40. The number of aryl methyl sites for hydroxylation is 1. The van der Waals surface area contributed by atoms with E-state index in [4.69, 9.17) is 0 Å². The predicted octanol–water partition coefficient (Wildman–Crippen LogP) is 3.21. The summed E-state index contributed by atoms with van der Waals surface area (Å²) < 4.78 is 0. The fourth-order valence-electron chi connectivity index (χ4n) is 2.96. The number of hydrogen-bond donors (Lipinski definition) is 1. The fraction of sp³-hybridized carbons (Fsp3) is 0.583. The van der Waals surface area contributed by atoms with Crippen LogP contribution in [0.2, 0.25) is 0 Å². The van der Waals surface area contributed by atoms with Crippen molar-refractivity contribution >= 4 is 22.2 Å². The number of nitrogens with one attached hydrogen (secondary N) is 1. The lowest BCUT2D eigenvalue weighted by atomic mass is 9.71. The van der Waals surface area contributed by atoms with Crippen molar-refractivity contribution < 1.29 is 4.79 Å². The van der Waals surface area contributed by atoms with Crippen LogP contribution in [0.25, 0.3) is 0 Å². The fourth-order valence-corrected chi connectivity index (χ4v) is 3.97. The van der Waals surface area contributed by atoms with Gasteiger partial charge in [0.2, 0.25) is 5.91 Å². The van der Waals surface area contributed by atoms with Crippen LogP contribution < -0.4 is 5.32 Å². The minimum Gasteiger partial charge on any atom is -0.317 e. The number of rotatable bonds is 0. The van der Waals surface area contributed by atoms with E-state index in [-0.39, 0.29) is 11.3 Å². The highest BCUT2D eigenvalue weighted by atomic mass is 32.1. The molecule has 1 N–H and O–H groups in total. The van der Waals surface area contributed by atoms with Crippen molar-refractivity contribution in [2.24, 2.45) is 0 Å². The molecule has 1 aromatic heterocycles. The quantitative estimate of drug-likeness (QED) is 0.716. The molecule has 1 aromatic rings. The van der Waals surface area contributed by atoms with Crippen LogP contribution in [0.4, 0.5) is 5.00 Å². The Hall–Kier alpha value is -0.830. The van der Waals surface area contributed by atoms with E-state index >= 15 is 0 Å². The molecule has 0 bridgehead atoms. The molecular weight excluding hydrogens is 206 g/mol. The highest BCUT2D eigenvalue weighted by molar-refractivity contribution is 7.16. The smallest absolute Gasteiger partial charge is 0.235 e. The van der Waals surface area contributed by atoms with Gasteiger partial charge in [0.15, 0.2) is 0 Å². The van der Waals surface area contributed by atoms with Crippen molar-refractivity contribution in [2.45, 2.75) is 44.4 Å². The number of anilines is 1. The SMILES string of the molecule is Cc1cc2c(s1)NC(=O)C21CCCCC1. The summed E-state index contributed by atoms with van der Waals surface area (Å²) in [6, 6.07) is 2.21. The predicted molar refractivity (Wildman–Crippen MR) is 62.4 cm³/mol. The van der Waals surface area contributed by atoms with Crippen LogP contribution in [-0.2, 0) is 10.2 Å². The molecule has 3 rings (SSSR count). The van der Waals surface area contributed by atoms with Crippen LogP contribution in [0, 0.1) is 6.92 Å². The van der Waals surface area contributed by atoms with Gasteiger partial charge in [0, 0.05) is 10.4 Å². The van der Waals surface area contributed by atoms with Crippen LogP contribution in [0.1, 0.15) is 42.5 Å². The molecule has 0 unspecified atom stereocenters. The van der Waals surface area contributed by atoms with Crippen LogP contribution in [0.5, 0.6) is 0 Å². The summed E-state index contributed by atoms with van der Waals surface area (Å²) in [6.07, 6.45) is 5.76. The van der Waals surface area contributed by atoms with Gasteiger partial charge in [-0.25, -0.2) is 0 Å². The van der Waals surface area contributed by atoms with Crippen molar-refractivity contribution in [3.05, 3.63) is 16.5 Å². The summed E-state index contributed by atoms with van der Waals surface area (Å²) in [7, 11) is 0. The first-order chi connectivity index (χ1) is 7.22. The van der Waals surface area contributed by atoms with Crippen molar-refractivity contribution in [1.82, 2.24) is 0 Å². The standard InChI is InChI=1S/C12H15NOS/c1-8-7-9-10(15-8)13-11(14)12(9)5-3-2-4-6-12/h7H,2-6H2,1H3,(H,13,14). The maximum Gasteiger partial charge on any atom is 0.235 e. The highest BCUT2D eigenvalue weighted by Gasteiger charge is 2.47. The molecule has 1 spiro atoms. The first-order valence-electron chi connectivity index (χ1n) is 5.65. The molecule has 2 heterocycles. The Balaban J connectivity index is 2.10. The van der Waals surface area contributed by atoms with Crippen molar-refractivity contribution in [3.8, 4) is 0 Å². The molecule has 0 saturated heterocycles. The van der Waals surface area contributed by atoms with Crippen molar-refractivity contribution in [2.75, 3.05) is 5.32 Å². The topological polar surface area (TPSA) is 29.1 Å². The monoisotopic (exact) mass is 221 g/mol. The van der Waals surface area contributed by atoms with Gasteiger partial charge in [-0.3, -0.25) is 4.79 Å². The van der Waals surface area contributed by atoms with Crippen molar-refractivity contribution in [3.63, 3.8) is 0 Å². The molecule has 1 amide bonds.